The fourth-order valence-corrected chi connectivity index (χ4v) is 0.371. The molecule has 60 valence electrons. The van der Waals surface area contributed by atoms with Gasteiger partial charge in [0.2, 0.25) is 5.56 Å². The van der Waals surface area contributed by atoms with Gasteiger partial charge in [0.25, 0.3) is 0 Å². The molecule has 0 aliphatic heterocycles. The lowest BCUT2D eigenvalue weighted by Crippen LogP contribution is -2.34. The Bertz CT molecular complexity index is 120. The van der Waals surface area contributed by atoms with Gasteiger partial charge in [-0.15, -0.1) is 0 Å². The zero-order valence-electron chi connectivity index (χ0n) is 4.68. The van der Waals surface area contributed by atoms with Crippen molar-refractivity contribution in [1.29, 1.82) is 0 Å². The van der Waals surface area contributed by atoms with Gasteiger partial charge in [-0.2, -0.15) is 0 Å². The maximum atomic E-state index is 10.3. The first-order valence-electron chi connectivity index (χ1n) is 2.17. The summed E-state index contributed by atoms with van der Waals surface area (Å²) in [4.78, 5) is 9.29. The molecule has 0 fully saturated rings. The highest BCUT2D eigenvalue weighted by molar-refractivity contribution is 6.48. The molecule has 0 saturated carbocycles. The monoisotopic (exact) mass is 206 g/mol. The Balaban J connectivity index is 3.57. The third-order valence-electron chi connectivity index (χ3n) is 0.536. The van der Waals surface area contributed by atoms with E-state index in [0.29, 0.717) is 0 Å². The number of alkyl halides is 3. The molecule has 0 radical (unpaired) electrons. The summed E-state index contributed by atoms with van der Waals surface area (Å²) >= 11 is 15.7. The first-order chi connectivity index (χ1) is 4.57. The Morgan fingerprint density at radius 3 is 2.30 bits per heavy atom. The number of nitrogens with one attached hydrogen (secondary N) is 1. The van der Waals surface area contributed by atoms with Crippen molar-refractivity contribution in [3.8, 4) is 0 Å². The van der Waals surface area contributed by atoms with Crippen molar-refractivity contribution in [2.24, 2.45) is 5.84 Å². The molecule has 0 heterocycles. The Labute approximate surface area is 72.5 Å². The minimum atomic E-state index is -1.09. The maximum absolute atomic E-state index is 10.3. The van der Waals surface area contributed by atoms with Crippen LogP contribution in [0.15, 0.2) is 0 Å². The molecule has 1 atom stereocenters. The molecule has 0 aliphatic carbocycles. The topological polar surface area (TPSA) is 64.3 Å². The number of halogens is 3. The SMILES string of the molecule is NNC(=O)OC(Cl)C(Cl)Cl. The Morgan fingerprint density at radius 2 is 2.00 bits per heavy atom. The van der Waals surface area contributed by atoms with E-state index in [1.165, 1.54) is 0 Å². The molecule has 7 heteroatoms. The van der Waals surface area contributed by atoms with E-state index in [1.54, 1.807) is 5.43 Å². The number of carbonyl (C=O) groups excluding carboxylic acids is 1. The van der Waals surface area contributed by atoms with E-state index in [9.17, 15) is 4.79 Å². The number of amides is 1. The molecule has 0 bridgehead atoms. The van der Waals surface area contributed by atoms with Crippen LogP contribution in [0.1, 0.15) is 0 Å². The zero-order chi connectivity index (χ0) is 8.15. The molecule has 0 spiro atoms. The summed E-state index contributed by atoms with van der Waals surface area (Å²) in [5.74, 6) is 4.65. The zero-order valence-corrected chi connectivity index (χ0v) is 6.95. The van der Waals surface area contributed by atoms with Crippen molar-refractivity contribution < 1.29 is 9.53 Å². The van der Waals surface area contributed by atoms with Gasteiger partial charge in [-0.25, -0.2) is 10.6 Å². The second-order valence-electron chi connectivity index (χ2n) is 1.24. The average molecular weight is 207 g/mol. The fraction of sp³-hybridized carbons (Fsp3) is 0.667. The van der Waals surface area contributed by atoms with Gasteiger partial charge in [0.1, 0.15) is 0 Å². The molecule has 4 nitrogen and oxygen atoms in total. The molecular formula is C3H5Cl3N2O2. The summed E-state index contributed by atoms with van der Waals surface area (Å²) in [7, 11) is 0. The number of hydrazine groups is 1. The van der Waals surface area contributed by atoms with Crippen LogP contribution in [0.2, 0.25) is 0 Å². The third kappa shape index (κ3) is 4.00. The standard InChI is InChI=1S/C3H5Cl3N2O2/c4-1(5)2(6)10-3(9)8-7/h1-2H,7H2,(H,8,9). The van der Waals surface area contributed by atoms with Gasteiger partial charge in [-0.3, -0.25) is 5.43 Å². The smallest absolute Gasteiger partial charge is 0.422 e. The molecule has 0 aromatic carbocycles. The number of carbonyl (C=O) groups is 1. The minimum absolute atomic E-state index is 0.883. The van der Waals surface area contributed by atoms with Crippen LogP contribution in [-0.2, 0) is 4.74 Å². The summed E-state index contributed by atoms with van der Waals surface area (Å²) in [6, 6.07) is 0. The van der Waals surface area contributed by atoms with Crippen LogP contribution in [0.4, 0.5) is 4.79 Å². The third-order valence-corrected chi connectivity index (χ3v) is 1.59. The van der Waals surface area contributed by atoms with E-state index in [0.717, 1.165) is 0 Å². The van der Waals surface area contributed by atoms with Crippen LogP contribution < -0.4 is 11.3 Å². The van der Waals surface area contributed by atoms with Crippen molar-refractivity contribution in [3.05, 3.63) is 0 Å². The van der Waals surface area contributed by atoms with Gasteiger partial charge in [0.05, 0.1) is 0 Å². The molecule has 0 aromatic rings. The molecule has 1 amide bonds. The van der Waals surface area contributed by atoms with Gasteiger partial charge in [-0.05, 0) is 0 Å². The molecular weight excluding hydrogens is 202 g/mol. The highest BCUT2D eigenvalue weighted by Crippen LogP contribution is 2.14. The highest BCUT2D eigenvalue weighted by atomic mass is 35.5. The predicted molar refractivity (Wildman–Crippen MR) is 38.9 cm³/mol. The normalized spacial score (nSPS) is 12.9. The van der Waals surface area contributed by atoms with Gasteiger partial charge in [-0.1, -0.05) is 34.8 Å². The van der Waals surface area contributed by atoms with Crippen LogP contribution in [0, 0.1) is 0 Å². The van der Waals surface area contributed by atoms with E-state index < -0.39 is 16.5 Å². The lowest BCUT2D eigenvalue weighted by Gasteiger charge is -2.09. The van der Waals surface area contributed by atoms with Gasteiger partial charge >= 0.3 is 6.09 Å². The molecule has 1 unspecified atom stereocenters. The number of hydrogen-bond acceptors (Lipinski definition) is 3. The molecule has 0 saturated heterocycles. The van der Waals surface area contributed by atoms with E-state index >= 15 is 0 Å². The highest BCUT2D eigenvalue weighted by Gasteiger charge is 2.17. The van der Waals surface area contributed by atoms with Crippen LogP contribution in [0.25, 0.3) is 0 Å². The predicted octanol–water partition coefficient (Wildman–Crippen LogP) is 0.955. The van der Waals surface area contributed by atoms with E-state index in [1.807, 2.05) is 0 Å². The molecule has 0 aliphatic rings. The second-order valence-corrected chi connectivity index (χ2v) is 2.83. The van der Waals surface area contributed by atoms with Crippen molar-refractivity contribution in [3.63, 3.8) is 0 Å². The van der Waals surface area contributed by atoms with Crippen molar-refractivity contribution in [2.45, 2.75) is 10.4 Å². The average Bonchev–Trinajstić information content (AvgIpc) is 1.87. The number of hydrogen-bond donors (Lipinski definition) is 2. The summed E-state index contributed by atoms with van der Waals surface area (Å²) < 4.78 is 4.29. The van der Waals surface area contributed by atoms with Gasteiger partial charge < -0.3 is 4.74 Å². The van der Waals surface area contributed by atoms with Crippen molar-refractivity contribution in [1.82, 2.24) is 5.43 Å². The maximum Gasteiger partial charge on any atom is 0.422 e. The number of ether oxygens (including phenoxy) is 1. The summed E-state index contributed by atoms with van der Waals surface area (Å²) in [5, 5.41) is 0. The van der Waals surface area contributed by atoms with Gasteiger partial charge in [0, 0.05) is 0 Å². The van der Waals surface area contributed by atoms with Crippen LogP contribution in [0.5, 0.6) is 0 Å². The molecule has 0 aromatic heterocycles. The first-order valence-corrected chi connectivity index (χ1v) is 3.48. The summed E-state index contributed by atoms with van der Waals surface area (Å²) in [6.07, 6.45) is -0.883. The first kappa shape index (κ1) is 10.1. The van der Waals surface area contributed by atoms with Crippen LogP contribution >= 0.6 is 34.8 Å². The largest absolute Gasteiger partial charge is 0.426 e. The lowest BCUT2D eigenvalue weighted by atomic mass is 10.8. The van der Waals surface area contributed by atoms with E-state index in [2.05, 4.69) is 10.6 Å². The molecule has 0 rings (SSSR count). The Kier molecular flexibility index (Phi) is 4.89. The Morgan fingerprint density at radius 1 is 1.50 bits per heavy atom. The lowest BCUT2D eigenvalue weighted by molar-refractivity contribution is 0.137. The minimum Gasteiger partial charge on any atom is -0.426 e. The van der Waals surface area contributed by atoms with Crippen molar-refractivity contribution >= 4 is 40.9 Å². The summed E-state index contributed by atoms with van der Waals surface area (Å²) in [6.45, 7) is 0. The summed E-state index contributed by atoms with van der Waals surface area (Å²) in [5.41, 5.74) is 0.597. The van der Waals surface area contributed by atoms with E-state index in [-0.39, 0.29) is 0 Å². The molecule has 3 N–H and O–H groups in total. The number of rotatable bonds is 2. The number of nitrogens with two attached hydrogens (primary N) is 1. The van der Waals surface area contributed by atoms with Crippen LogP contribution in [-0.4, -0.2) is 16.5 Å². The second kappa shape index (κ2) is 4.85. The Hall–Kier alpha value is 0.1000. The fourth-order valence-electron chi connectivity index (χ4n) is 0.188. The van der Waals surface area contributed by atoms with Crippen LogP contribution in [0.3, 0.4) is 0 Å². The van der Waals surface area contributed by atoms with E-state index in [4.69, 9.17) is 34.8 Å². The van der Waals surface area contributed by atoms with Gasteiger partial charge in [0.15, 0.2) is 4.84 Å². The molecule has 10 heavy (non-hydrogen) atoms. The van der Waals surface area contributed by atoms with Crippen molar-refractivity contribution in [2.75, 3.05) is 0 Å². The quantitative estimate of drug-likeness (QED) is 0.307.